The molecule has 0 aliphatic carbocycles. The third-order valence-corrected chi connectivity index (χ3v) is 1.74. The Labute approximate surface area is 88.1 Å². The quantitative estimate of drug-likeness (QED) is 0.413. The molecule has 5 nitrogen and oxygen atoms in total. The maximum Gasteiger partial charge on any atom is 0.271 e. The summed E-state index contributed by atoms with van der Waals surface area (Å²) in [4.78, 5) is 10.8. The molecule has 0 aromatic heterocycles. The molecule has 1 aromatic carbocycles. The van der Waals surface area contributed by atoms with Gasteiger partial charge in [-0.1, -0.05) is 12.1 Å². The highest BCUT2D eigenvalue weighted by molar-refractivity contribution is 5.76. The minimum Gasteiger partial charge on any atom is -0.484 e. The number of carbonyl (C=O) groups is 1. The third-order valence-electron chi connectivity index (χ3n) is 1.74. The Hall–Kier alpha value is -1.59. The first-order valence-electron chi connectivity index (χ1n) is 4.46. The van der Waals surface area contributed by atoms with Crippen molar-refractivity contribution in [1.82, 2.24) is 5.43 Å². The summed E-state index contributed by atoms with van der Waals surface area (Å²) in [6, 6.07) is 7.33. The average Bonchev–Trinajstić information content (AvgIpc) is 2.27. The molecule has 0 aliphatic heterocycles. The highest BCUT2D eigenvalue weighted by Crippen LogP contribution is 2.13. The van der Waals surface area contributed by atoms with Crippen LogP contribution in [0, 0.1) is 0 Å². The van der Waals surface area contributed by atoms with Crippen molar-refractivity contribution in [2.24, 2.45) is 5.84 Å². The van der Waals surface area contributed by atoms with Gasteiger partial charge in [-0.2, -0.15) is 0 Å². The number of hydrogen-bond acceptors (Lipinski definition) is 4. The van der Waals surface area contributed by atoms with E-state index in [4.69, 9.17) is 15.3 Å². The van der Waals surface area contributed by atoms with Gasteiger partial charge in [0.15, 0.2) is 6.61 Å². The fraction of sp³-hybridized carbons (Fsp3) is 0.300. The Kier molecular flexibility index (Phi) is 4.59. The molecule has 0 saturated carbocycles. The van der Waals surface area contributed by atoms with Crippen LogP contribution < -0.4 is 16.0 Å². The van der Waals surface area contributed by atoms with Crippen LogP contribution in [0.2, 0.25) is 0 Å². The van der Waals surface area contributed by atoms with Crippen molar-refractivity contribution in [3.8, 4) is 5.75 Å². The van der Waals surface area contributed by atoms with Gasteiger partial charge in [0.1, 0.15) is 5.75 Å². The van der Waals surface area contributed by atoms with Crippen LogP contribution in [-0.2, 0) is 16.1 Å². The number of hydrazine groups is 1. The van der Waals surface area contributed by atoms with Crippen LogP contribution in [0.1, 0.15) is 5.56 Å². The number of carbonyl (C=O) groups excluding carboxylic acids is 1. The van der Waals surface area contributed by atoms with Crippen molar-refractivity contribution in [3.63, 3.8) is 0 Å². The van der Waals surface area contributed by atoms with Crippen LogP contribution in [0.5, 0.6) is 5.75 Å². The summed E-state index contributed by atoms with van der Waals surface area (Å²) in [7, 11) is 1.62. The van der Waals surface area contributed by atoms with Gasteiger partial charge in [0.25, 0.3) is 5.91 Å². The summed E-state index contributed by atoms with van der Waals surface area (Å²) in [5.74, 6) is 5.16. The molecule has 0 fully saturated rings. The molecule has 0 atom stereocenters. The second-order valence-electron chi connectivity index (χ2n) is 2.94. The molecular formula is C10H14N2O3. The second kappa shape index (κ2) is 6.00. The lowest BCUT2D eigenvalue weighted by atomic mass is 10.2. The van der Waals surface area contributed by atoms with E-state index in [-0.39, 0.29) is 12.5 Å². The fourth-order valence-electron chi connectivity index (χ4n) is 1.08. The lowest BCUT2D eigenvalue weighted by Gasteiger charge is -2.06. The van der Waals surface area contributed by atoms with Gasteiger partial charge in [-0.05, 0) is 17.7 Å². The number of benzene rings is 1. The van der Waals surface area contributed by atoms with Crippen molar-refractivity contribution in [2.45, 2.75) is 6.61 Å². The molecule has 0 radical (unpaired) electrons. The Bertz CT molecular complexity index is 328. The predicted octanol–water partition coefficient (Wildman–Crippen LogP) is 0.202. The second-order valence-corrected chi connectivity index (χ2v) is 2.94. The Morgan fingerprint density at radius 3 is 3.00 bits per heavy atom. The number of nitrogens with one attached hydrogen (secondary N) is 1. The van der Waals surface area contributed by atoms with Gasteiger partial charge in [-0.25, -0.2) is 5.84 Å². The van der Waals surface area contributed by atoms with Crippen LogP contribution in [-0.4, -0.2) is 19.6 Å². The van der Waals surface area contributed by atoms with Crippen LogP contribution >= 0.6 is 0 Å². The number of methoxy groups -OCH3 is 1. The first-order valence-corrected chi connectivity index (χ1v) is 4.46. The summed E-state index contributed by atoms with van der Waals surface area (Å²) in [6.45, 7) is 0.424. The monoisotopic (exact) mass is 210 g/mol. The zero-order chi connectivity index (χ0) is 11.1. The van der Waals surface area contributed by atoms with Gasteiger partial charge in [0.05, 0.1) is 6.61 Å². The smallest absolute Gasteiger partial charge is 0.271 e. The van der Waals surface area contributed by atoms with E-state index in [9.17, 15) is 4.79 Å². The molecule has 0 spiro atoms. The molecule has 0 saturated heterocycles. The van der Waals surface area contributed by atoms with E-state index in [2.05, 4.69) is 0 Å². The molecule has 3 N–H and O–H groups in total. The fourth-order valence-corrected chi connectivity index (χ4v) is 1.08. The largest absolute Gasteiger partial charge is 0.484 e. The normalized spacial score (nSPS) is 9.73. The third kappa shape index (κ3) is 3.97. The highest BCUT2D eigenvalue weighted by Gasteiger charge is 2.00. The maximum atomic E-state index is 10.8. The van der Waals surface area contributed by atoms with Gasteiger partial charge >= 0.3 is 0 Å². The van der Waals surface area contributed by atoms with Crippen molar-refractivity contribution >= 4 is 5.91 Å². The van der Waals surface area contributed by atoms with Gasteiger partial charge in [-0.3, -0.25) is 10.2 Å². The summed E-state index contributed by atoms with van der Waals surface area (Å²) in [5.41, 5.74) is 2.98. The Balaban J connectivity index is 2.53. The molecule has 1 amide bonds. The molecular weight excluding hydrogens is 196 g/mol. The van der Waals surface area contributed by atoms with Gasteiger partial charge in [-0.15, -0.1) is 0 Å². The van der Waals surface area contributed by atoms with E-state index in [1.165, 1.54) is 0 Å². The van der Waals surface area contributed by atoms with E-state index in [1.54, 1.807) is 13.2 Å². The molecule has 1 rings (SSSR count). The Morgan fingerprint density at radius 1 is 1.53 bits per heavy atom. The van der Waals surface area contributed by atoms with Crippen molar-refractivity contribution in [2.75, 3.05) is 13.7 Å². The molecule has 0 aliphatic rings. The summed E-state index contributed by atoms with van der Waals surface area (Å²) >= 11 is 0. The van der Waals surface area contributed by atoms with E-state index < -0.39 is 0 Å². The first kappa shape index (κ1) is 11.5. The van der Waals surface area contributed by atoms with E-state index in [1.807, 2.05) is 23.6 Å². The molecule has 0 bridgehead atoms. The molecule has 0 heterocycles. The van der Waals surface area contributed by atoms with Crippen molar-refractivity contribution < 1.29 is 14.3 Å². The van der Waals surface area contributed by atoms with Crippen LogP contribution in [0.4, 0.5) is 0 Å². The topological polar surface area (TPSA) is 73.6 Å². The molecule has 82 valence electrons. The number of ether oxygens (including phenoxy) is 2. The zero-order valence-corrected chi connectivity index (χ0v) is 8.53. The first-order chi connectivity index (χ1) is 7.26. The van der Waals surface area contributed by atoms with E-state index in [0.717, 1.165) is 5.56 Å². The van der Waals surface area contributed by atoms with Gasteiger partial charge in [0, 0.05) is 7.11 Å². The van der Waals surface area contributed by atoms with Crippen molar-refractivity contribution in [1.29, 1.82) is 0 Å². The van der Waals surface area contributed by atoms with Gasteiger partial charge < -0.3 is 9.47 Å². The number of hydrogen-bond donors (Lipinski definition) is 2. The van der Waals surface area contributed by atoms with Crippen LogP contribution in [0.25, 0.3) is 0 Å². The molecule has 5 heteroatoms. The molecule has 15 heavy (non-hydrogen) atoms. The van der Waals surface area contributed by atoms with Crippen LogP contribution in [0.15, 0.2) is 24.3 Å². The number of rotatable bonds is 5. The molecule has 0 unspecified atom stereocenters. The van der Waals surface area contributed by atoms with E-state index in [0.29, 0.717) is 12.4 Å². The van der Waals surface area contributed by atoms with Crippen LogP contribution in [0.3, 0.4) is 0 Å². The maximum absolute atomic E-state index is 10.8. The summed E-state index contributed by atoms with van der Waals surface area (Å²) in [6.07, 6.45) is 0. The number of amides is 1. The average molecular weight is 210 g/mol. The number of nitrogens with two attached hydrogens (primary N) is 1. The molecule has 1 aromatic rings. The zero-order valence-electron chi connectivity index (χ0n) is 8.53. The van der Waals surface area contributed by atoms with Gasteiger partial charge in [0.2, 0.25) is 0 Å². The van der Waals surface area contributed by atoms with E-state index >= 15 is 0 Å². The summed E-state index contributed by atoms with van der Waals surface area (Å²) in [5, 5.41) is 0. The minimum absolute atomic E-state index is 0.0903. The lowest BCUT2D eigenvalue weighted by molar-refractivity contribution is -0.123. The minimum atomic E-state index is -0.368. The standard InChI is InChI=1S/C10H14N2O3/c1-14-6-8-3-2-4-9(5-8)15-7-10(13)12-11/h2-5H,6-7,11H2,1H3,(H,12,13). The Morgan fingerprint density at radius 2 is 2.33 bits per heavy atom. The summed E-state index contributed by atoms with van der Waals surface area (Å²) < 4.78 is 10.2. The van der Waals surface area contributed by atoms with Crippen molar-refractivity contribution in [3.05, 3.63) is 29.8 Å². The highest BCUT2D eigenvalue weighted by atomic mass is 16.5. The predicted molar refractivity (Wildman–Crippen MR) is 55.0 cm³/mol. The lowest BCUT2D eigenvalue weighted by Crippen LogP contribution is -2.34. The SMILES string of the molecule is COCc1cccc(OCC(=O)NN)c1.